The van der Waals surface area contributed by atoms with E-state index in [0.717, 1.165) is 69.5 Å². The molecule has 198 valence electrons. The number of hydrogen-bond acceptors (Lipinski definition) is 5. The molecule has 0 spiro atoms. The molecule has 8 nitrogen and oxygen atoms in total. The summed E-state index contributed by atoms with van der Waals surface area (Å²) in [6, 6.07) is 8.56. The second kappa shape index (κ2) is 9.22. The van der Waals surface area contributed by atoms with Crippen LogP contribution in [0.15, 0.2) is 24.3 Å². The lowest BCUT2D eigenvalue weighted by Gasteiger charge is -2.58. The van der Waals surface area contributed by atoms with Gasteiger partial charge in [-0.1, -0.05) is 23.7 Å². The van der Waals surface area contributed by atoms with Crippen molar-refractivity contribution < 1.29 is 14.3 Å². The van der Waals surface area contributed by atoms with Crippen molar-refractivity contribution in [2.45, 2.75) is 63.5 Å². The number of nitrogens with two attached hydrogens (primary N) is 1. The first kappa shape index (κ1) is 24.6. The molecule has 9 heteroatoms. The Hall–Kier alpha value is -2.74. The van der Waals surface area contributed by atoms with Crippen LogP contribution in [-0.4, -0.2) is 47.3 Å². The summed E-state index contributed by atoms with van der Waals surface area (Å²) in [5.41, 5.74) is 6.93. The number of nitrogens with zero attached hydrogens (tertiary/aromatic N) is 3. The lowest BCUT2D eigenvalue weighted by atomic mass is 9.47. The number of carbonyl (C=O) groups is 2. The second-order valence-corrected chi connectivity index (χ2v) is 12.1. The Morgan fingerprint density at radius 1 is 1.24 bits per heavy atom. The zero-order chi connectivity index (χ0) is 25.9. The van der Waals surface area contributed by atoms with E-state index < -0.39 is 0 Å². The largest absolute Gasteiger partial charge is 0.497 e. The molecule has 0 saturated heterocycles. The lowest BCUT2D eigenvalue weighted by molar-refractivity contribution is -0.145. The number of primary amides is 1. The molecule has 37 heavy (non-hydrogen) atoms. The van der Waals surface area contributed by atoms with Crippen LogP contribution in [0.1, 0.15) is 61.0 Å². The number of rotatable bonds is 9. The number of benzene rings is 1. The van der Waals surface area contributed by atoms with Gasteiger partial charge in [0.2, 0.25) is 5.91 Å². The van der Waals surface area contributed by atoms with Crippen LogP contribution in [0, 0.1) is 23.2 Å². The zero-order valence-corrected chi connectivity index (χ0v) is 22.3. The van der Waals surface area contributed by atoms with Crippen molar-refractivity contribution in [1.82, 2.24) is 15.1 Å². The molecular weight excluding hydrogens is 490 g/mol. The highest BCUT2D eigenvalue weighted by molar-refractivity contribution is 6.36. The second-order valence-electron chi connectivity index (χ2n) is 11.7. The van der Waals surface area contributed by atoms with Crippen molar-refractivity contribution in [3.63, 3.8) is 0 Å². The maximum Gasteiger partial charge on any atom is 0.273 e. The molecule has 2 atom stereocenters. The number of aryl methyl sites for hydroxylation is 1. The predicted molar refractivity (Wildman–Crippen MR) is 142 cm³/mol. The van der Waals surface area contributed by atoms with Crippen LogP contribution in [0.25, 0.3) is 0 Å². The van der Waals surface area contributed by atoms with Crippen LogP contribution in [0.2, 0.25) is 5.02 Å². The zero-order valence-electron chi connectivity index (χ0n) is 21.6. The van der Waals surface area contributed by atoms with E-state index in [1.54, 1.807) is 11.8 Å². The van der Waals surface area contributed by atoms with Crippen LogP contribution in [0.3, 0.4) is 0 Å². The third-order valence-electron chi connectivity index (χ3n) is 9.30. The Bertz CT molecular complexity index is 1210. The number of anilines is 1. The van der Waals surface area contributed by atoms with Crippen LogP contribution in [0.5, 0.6) is 5.75 Å². The molecule has 5 aliphatic carbocycles. The topological polar surface area (TPSA) is 102 Å². The van der Waals surface area contributed by atoms with Crippen LogP contribution >= 0.6 is 11.6 Å². The molecule has 1 aromatic heterocycles. The summed E-state index contributed by atoms with van der Waals surface area (Å²) < 4.78 is 7.12. The highest BCUT2D eigenvalue weighted by Crippen LogP contribution is 2.60. The number of ether oxygens (including phenoxy) is 1. The monoisotopic (exact) mass is 525 g/mol. The van der Waals surface area contributed by atoms with Crippen molar-refractivity contribution in [2.24, 2.45) is 36.0 Å². The standard InChI is InChI=1S/C28H36ClN5O3/c1-33-26(34(20-6-7-20)9-8-16-4-3-5-21(12-16)37-2)22(29)24(32-33)25(35)31-23-18-10-17-11-19(23)15-28(13-17,14-18)27(30)36/h3-5,12,17-20,23H,6-11,13-15H2,1-2H3,(H2,30,36)(H,31,35). The van der Waals surface area contributed by atoms with E-state index in [-0.39, 0.29) is 40.8 Å². The van der Waals surface area contributed by atoms with Gasteiger partial charge in [0.1, 0.15) is 16.6 Å². The normalized spacial score (nSPS) is 29.8. The molecule has 5 aliphatic rings. The van der Waals surface area contributed by atoms with Gasteiger partial charge in [0.15, 0.2) is 5.69 Å². The maximum atomic E-state index is 13.5. The fourth-order valence-corrected chi connectivity index (χ4v) is 8.01. The first-order chi connectivity index (χ1) is 17.8. The van der Waals surface area contributed by atoms with Crippen molar-refractivity contribution in [2.75, 3.05) is 18.6 Å². The lowest BCUT2D eigenvalue weighted by Crippen LogP contribution is -2.62. The van der Waals surface area contributed by atoms with Crippen molar-refractivity contribution in [1.29, 1.82) is 0 Å². The van der Waals surface area contributed by atoms with Gasteiger partial charge in [-0.2, -0.15) is 5.10 Å². The van der Waals surface area contributed by atoms with Crippen molar-refractivity contribution in [3.05, 3.63) is 40.5 Å². The summed E-state index contributed by atoms with van der Waals surface area (Å²) >= 11 is 6.89. The van der Waals surface area contributed by atoms with Gasteiger partial charge in [-0.25, -0.2) is 0 Å². The van der Waals surface area contributed by atoms with Crippen LogP contribution in [0.4, 0.5) is 5.82 Å². The average molecular weight is 526 g/mol. The molecule has 1 aromatic carbocycles. The highest BCUT2D eigenvalue weighted by atomic mass is 35.5. The van der Waals surface area contributed by atoms with Gasteiger partial charge < -0.3 is 20.7 Å². The van der Waals surface area contributed by atoms with E-state index in [1.165, 1.54) is 5.56 Å². The Morgan fingerprint density at radius 3 is 2.62 bits per heavy atom. The molecule has 5 fully saturated rings. The van der Waals surface area contributed by atoms with E-state index in [1.807, 2.05) is 19.2 Å². The number of carbonyl (C=O) groups excluding carboxylic acids is 2. The first-order valence-electron chi connectivity index (χ1n) is 13.5. The summed E-state index contributed by atoms with van der Waals surface area (Å²) in [6.45, 7) is 0.779. The highest BCUT2D eigenvalue weighted by Gasteiger charge is 2.58. The van der Waals surface area contributed by atoms with Gasteiger partial charge in [-0.05, 0) is 86.8 Å². The third kappa shape index (κ3) is 4.37. The minimum absolute atomic E-state index is 0.0469. The van der Waals surface area contributed by atoms with Crippen LogP contribution in [-0.2, 0) is 18.3 Å². The Morgan fingerprint density at radius 2 is 1.97 bits per heavy atom. The molecule has 7 rings (SSSR count). The average Bonchev–Trinajstić information content (AvgIpc) is 3.67. The molecule has 0 radical (unpaired) electrons. The summed E-state index contributed by atoms with van der Waals surface area (Å²) in [7, 11) is 3.54. The molecular formula is C28H36ClN5O3. The maximum absolute atomic E-state index is 13.5. The first-order valence-corrected chi connectivity index (χ1v) is 13.9. The fourth-order valence-electron chi connectivity index (χ4n) is 7.65. The van der Waals surface area contributed by atoms with E-state index >= 15 is 0 Å². The SMILES string of the molecule is COc1cccc(CCN(c2c(Cl)c(C(=O)NC3C4CC5CC3CC(C(N)=O)(C5)C4)nn2C)C2CC2)c1. The number of methoxy groups -OCH3 is 1. The van der Waals surface area contributed by atoms with Crippen molar-refractivity contribution in [3.8, 4) is 5.75 Å². The minimum Gasteiger partial charge on any atom is -0.497 e. The summed E-state index contributed by atoms with van der Waals surface area (Å²) in [6.07, 6.45) is 7.63. The molecule has 5 saturated carbocycles. The van der Waals surface area contributed by atoms with Gasteiger partial charge in [0, 0.05) is 31.1 Å². The minimum atomic E-state index is -0.374. The number of aromatic nitrogens is 2. The Labute approximate surface area is 222 Å². The summed E-state index contributed by atoms with van der Waals surface area (Å²) in [4.78, 5) is 28.1. The van der Waals surface area contributed by atoms with Gasteiger partial charge >= 0.3 is 0 Å². The molecule has 3 N–H and O–H groups in total. The van der Waals surface area contributed by atoms with Gasteiger partial charge in [0.05, 0.1) is 7.11 Å². The smallest absolute Gasteiger partial charge is 0.273 e. The van der Waals surface area contributed by atoms with Crippen molar-refractivity contribution >= 4 is 29.2 Å². The molecule has 1 heterocycles. The molecule has 2 unspecified atom stereocenters. The number of halogens is 1. The Balaban J connectivity index is 1.19. The van der Waals surface area contributed by atoms with E-state index in [2.05, 4.69) is 27.4 Å². The molecule has 2 aromatic rings. The quantitative estimate of drug-likeness (QED) is 0.519. The third-order valence-corrected chi connectivity index (χ3v) is 9.65. The molecule has 0 aliphatic heterocycles. The van der Waals surface area contributed by atoms with Gasteiger partial charge in [-0.15, -0.1) is 0 Å². The fraction of sp³-hybridized carbons (Fsp3) is 0.607. The number of nitrogens with one attached hydrogen (secondary N) is 1. The molecule has 2 amide bonds. The Kier molecular flexibility index (Phi) is 6.13. The predicted octanol–water partition coefficient (Wildman–Crippen LogP) is 3.70. The van der Waals surface area contributed by atoms with Gasteiger partial charge in [0.25, 0.3) is 5.91 Å². The van der Waals surface area contributed by atoms with E-state index in [4.69, 9.17) is 22.1 Å². The summed E-state index contributed by atoms with van der Waals surface area (Å²) in [5.74, 6) is 2.38. The number of hydrogen-bond donors (Lipinski definition) is 2. The van der Waals surface area contributed by atoms with E-state index in [0.29, 0.717) is 17.0 Å². The number of amides is 2. The molecule has 4 bridgehead atoms. The van der Waals surface area contributed by atoms with Crippen LogP contribution < -0.4 is 20.7 Å². The van der Waals surface area contributed by atoms with E-state index in [9.17, 15) is 9.59 Å². The summed E-state index contributed by atoms with van der Waals surface area (Å²) in [5, 5.41) is 8.28. The van der Waals surface area contributed by atoms with Gasteiger partial charge in [-0.3, -0.25) is 14.3 Å².